The molecule has 0 spiro atoms. The van der Waals surface area contributed by atoms with E-state index >= 15 is 0 Å². The van der Waals surface area contributed by atoms with Gasteiger partial charge in [-0.2, -0.15) is 13.2 Å². The molecule has 0 radical (unpaired) electrons. The minimum absolute atomic E-state index is 0. The molecule has 1 amide bonds. The largest absolute Gasteiger partial charge is 0.406 e. The summed E-state index contributed by atoms with van der Waals surface area (Å²) >= 11 is 5.69. The molecule has 2 N–H and O–H groups in total. The van der Waals surface area contributed by atoms with Gasteiger partial charge in [0.25, 0.3) is 0 Å². The highest BCUT2D eigenvalue weighted by Crippen LogP contribution is 2.15. The summed E-state index contributed by atoms with van der Waals surface area (Å²) in [6, 6.07) is 3.52. The molecule has 0 aromatic carbocycles. The second-order valence-electron chi connectivity index (χ2n) is 4.96. The van der Waals surface area contributed by atoms with Crippen molar-refractivity contribution in [2.75, 3.05) is 33.7 Å². The number of pyridine rings is 1. The zero-order valence-electron chi connectivity index (χ0n) is 13.7. The summed E-state index contributed by atoms with van der Waals surface area (Å²) in [6.07, 6.45) is -2.13. The molecule has 0 saturated carbocycles. The Morgan fingerprint density at radius 1 is 1.36 bits per heavy atom. The van der Waals surface area contributed by atoms with Gasteiger partial charge < -0.3 is 15.5 Å². The minimum Gasteiger partial charge on any atom is -0.356 e. The van der Waals surface area contributed by atoms with Crippen LogP contribution in [0.15, 0.2) is 23.3 Å². The number of amides is 1. The SMILES string of the molecule is CN=C(NCCc1ccc(Cl)nc1)NCC(=O)N(C)CC(F)(F)F.I. The van der Waals surface area contributed by atoms with Crippen molar-refractivity contribution in [2.24, 2.45) is 4.99 Å². The molecule has 0 fully saturated rings. The van der Waals surface area contributed by atoms with E-state index in [1.54, 1.807) is 12.3 Å². The molecule has 1 aromatic rings. The molecule has 0 atom stereocenters. The second kappa shape index (κ2) is 11.3. The third-order valence-corrected chi connectivity index (χ3v) is 3.19. The van der Waals surface area contributed by atoms with Crippen LogP contribution in [0.25, 0.3) is 0 Å². The number of rotatable bonds is 6. The number of nitrogens with one attached hydrogen (secondary N) is 2. The summed E-state index contributed by atoms with van der Waals surface area (Å²) in [4.78, 5) is 20.1. The van der Waals surface area contributed by atoms with Crippen LogP contribution in [-0.2, 0) is 11.2 Å². The number of carbonyl (C=O) groups excluding carboxylic acids is 1. The van der Waals surface area contributed by atoms with Crippen molar-refractivity contribution in [3.8, 4) is 0 Å². The molecule has 0 saturated heterocycles. The Hall–Kier alpha value is -1.30. The van der Waals surface area contributed by atoms with E-state index in [4.69, 9.17) is 11.6 Å². The maximum Gasteiger partial charge on any atom is 0.406 e. The lowest BCUT2D eigenvalue weighted by atomic mass is 10.2. The van der Waals surface area contributed by atoms with Crippen LogP contribution < -0.4 is 10.6 Å². The standard InChI is InChI=1S/C14H19ClF3N5O.HI/c1-19-13(20-6-5-10-3-4-11(15)21-7-10)22-8-12(24)23(2)9-14(16,17)18;/h3-4,7H,5-6,8-9H2,1-2H3,(H2,19,20,22);1H. The van der Waals surface area contributed by atoms with Gasteiger partial charge in [-0.25, -0.2) is 4.98 Å². The molecule has 6 nitrogen and oxygen atoms in total. The predicted octanol–water partition coefficient (Wildman–Crippen LogP) is 2.08. The van der Waals surface area contributed by atoms with Crippen molar-refractivity contribution in [1.29, 1.82) is 0 Å². The van der Waals surface area contributed by atoms with Crippen LogP contribution >= 0.6 is 35.6 Å². The second-order valence-corrected chi connectivity index (χ2v) is 5.34. The van der Waals surface area contributed by atoms with Crippen molar-refractivity contribution in [3.05, 3.63) is 29.0 Å². The fraction of sp³-hybridized carbons (Fsp3) is 0.500. The Morgan fingerprint density at radius 3 is 2.56 bits per heavy atom. The normalized spacial score (nSPS) is 11.5. The number of nitrogens with zero attached hydrogens (tertiary/aromatic N) is 3. The molecule has 0 aliphatic heterocycles. The van der Waals surface area contributed by atoms with Gasteiger partial charge >= 0.3 is 6.18 Å². The van der Waals surface area contributed by atoms with Crippen molar-refractivity contribution in [2.45, 2.75) is 12.6 Å². The molecule has 0 bridgehead atoms. The first kappa shape index (κ1) is 23.7. The summed E-state index contributed by atoms with van der Waals surface area (Å²) in [7, 11) is 2.60. The molecule has 11 heteroatoms. The third-order valence-electron chi connectivity index (χ3n) is 2.97. The van der Waals surface area contributed by atoms with Crippen LogP contribution in [0, 0.1) is 0 Å². The number of likely N-dealkylation sites (N-methyl/N-ethyl adjacent to an activating group) is 1. The van der Waals surface area contributed by atoms with Gasteiger partial charge in [0.15, 0.2) is 5.96 Å². The van der Waals surface area contributed by atoms with E-state index in [1.165, 1.54) is 7.05 Å². The maximum atomic E-state index is 12.2. The smallest absolute Gasteiger partial charge is 0.356 e. The van der Waals surface area contributed by atoms with Gasteiger partial charge in [0, 0.05) is 26.8 Å². The minimum atomic E-state index is -4.42. The average Bonchev–Trinajstić information content (AvgIpc) is 2.50. The lowest BCUT2D eigenvalue weighted by Crippen LogP contribution is -2.45. The fourth-order valence-corrected chi connectivity index (χ4v) is 1.86. The summed E-state index contributed by atoms with van der Waals surface area (Å²) in [5, 5.41) is 6.04. The van der Waals surface area contributed by atoms with E-state index in [0.717, 1.165) is 12.6 Å². The van der Waals surface area contributed by atoms with Gasteiger partial charge in [0.2, 0.25) is 5.91 Å². The Bertz CT molecular complexity index is 569. The average molecular weight is 494 g/mol. The summed E-state index contributed by atoms with van der Waals surface area (Å²) < 4.78 is 36.7. The van der Waals surface area contributed by atoms with Crippen molar-refractivity contribution in [1.82, 2.24) is 20.5 Å². The Balaban J connectivity index is 0.00000576. The third kappa shape index (κ3) is 10.3. The topological polar surface area (TPSA) is 69.6 Å². The first-order valence-corrected chi connectivity index (χ1v) is 7.44. The Morgan fingerprint density at radius 2 is 2.04 bits per heavy atom. The molecule has 1 rings (SSSR count). The van der Waals surface area contributed by atoms with Gasteiger partial charge in [-0.1, -0.05) is 17.7 Å². The van der Waals surface area contributed by atoms with Gasteiger partial charge in [-0.3, -0.25) is 9.79 Å². The monoisotopic (exact) mass is 493 g/mol. The summed E-state index contributed by atoms with van der Waals surface area (Å²) in [5.74, 6) is -0.358. The van der Waals surface area contributed by atoms with E-state index in [-0.39, 0.29) is 30.5 Å². The zero-order chi connectivity index (χ0) is 18.2. The number of aliphatic imine (C=N–C) groups is 1. The van der Waals surface area contributed by atoms with Crippen LogP contribution in [0.3, 0.4) is 0 Å². The van der Waals surface area contributed by atoms with E-state index < -0.39 is 18.6 Å². The van der Waals surface area contributed by atoms with E-state index in [9.17, 15) is 18.0 Å². The summed E-state index contributed by atoms with van der Waals surface area (Å²) in [6.45, 7) is -1.06. The summed E-state index contributed by atoms with van der Waals surface area (Å²) in [5.41, 5.74) is 0.961. The van der Waals surface area contributed by atoms with Crippen LogP contribution in [0.4, 0.5) is 13.2 Å². The molecule has 0 aliphatic carbocycles. The van der Waals surface area contributed by atoms with Crippen LogP contribution in [0.1, 0.15) is 5.56 Å². The quantitative estimate of drug-likeness (QED) is 0.276. The molecule has 25 heavy (non-hydrogen) atoms. The zero-order valence-corrected chi connectivity index (χ0v) is 16.8. The van der Waals surface area contributed by atoms with E-state index in [1.807, 2.05) is 6.07 Å². The number of aromatic nitrogens is 1. The highest BCUT2D eigenvalue weighted by atomic mass is 127. The number of carbonyl (C=O) groups is 1. The maximum absolute atomic E-state index is 12.2. The molecule has 1 aromatic heterocycles. The number of halogens is 5. The number of hydrogen-bond donors (Lipinski definition) is 2. The van der Waals surface area contributed by atoms with Crippen molar-refractivity contribution >= 4 is 47.4 Å². The lowest BCUT2D eigenvalue weighted by molar-refractivity contribution is -0.157. The fourth-order valence-electron chi connectivity index (χ4n) is 1.75. The molecule has 142 valence electrons. The van der Waals surface area contributed by atoms with Gasteiger partial charge in [-0.05, 0) is 18.1 Å². The Labute approximate surface area is 166 Å². The Kier molecular flexibility index (Phi) is 10.8. The molecule has 0 aliphatic rings. The van der Waals surface area contributed by atoms with Crippen LogP contribution in [0.2, 0.25) is 5.15 Å². The van der Waals surface area contributed by atoms with Crippen molar-refractivity contribution in [3.63, 3.8) is 0 Å². The first-order chi connectivity index (χ1) is 11.2. The van der Waals surface area contributed by atoms with Crippen LogP contribution in [0.5, 0.6) is 0 Å². The molecular weight excluding hydrogens is 474 g/mol. The highest BCUT2D eigenvalue weighted by molar-refractivity contribution is 14.0. The highest BCUT2D eigenvalue weighted by Gasteiger charge is 2.31. The van der Waals surface area contributed by atoms with E-state index in [0.29, 0.717) is 29.0 Å². The number of guanidine groups is 1. The number of hydrogen-bond acceptors (Lipinski definition) is 3. The van der Waals surface area contributed by atoms with Gasteiger partial charge in [0.1, 0.15) is 11.7 Å². The lowest BCUT2D eigenvalue weighted by Gasteiger charge is -2.20. The predicted molar refractivity (Wildman–Crippen MR) is 101 cm³/mol. The van der Waals surface area contributed by atoms with Crippen LogP contribution in [-0.4, -0.2) is 61.7 Å². The number of alkyl halides is 3. The molecule has 1 heterocycles. The molecular formula is C14H20ClF3IN5O. The molecule has 0 unspecified atom stereocenters. The van der Waals surface area contributed by atoms with Gasteiger partial charge in [-0.15, -0.1) is 24.0 Å². The van der Waals surface area contributed by atoms with Gasteiger partial charge in [0.05, 0.1) is 6.54 Å². The first-order valence-electron chi connectivity index (χ1n) is 7.07. The van der Waals surface area contributed by atoms with E-state index in [2.05, 4.69) is 20.6 Å². The van der Waals surface area contributed by atoms with Crippen molar-refractivity contribution < 1.29 is 18.0 Å².